The maximum absolute atomic E-state index is 10.9. The Balaban J connectivity index is 0. The molecule has 1 aromatic rings. The van der Waals surface area contributed by atoms with Crippen molar-refractivity contribution in [3.8, 4) is 0 Å². The number of rotatable bonds is 2. The number of amides is 1. The molecule has 0 unspecified atom stereocenters. The number of nitrogens with two attached hydrogens (primary N) is 1. The topological polar surface area (TPSA) is 89.3 Å². The average molecular weight is 274 g/mol. The predicted octanol–water partition coefficient (Wildman–Crippen LogP) is 1.34. The van der Waals surface area contributed by atoms with Crippen molar-refractivity contribution in [2.45, 2.75) is 32.6 Å². The molecule has 1 aromatic carbocycles. The van der Waals surface area contributed by atoms with E-state index in [1.54, 1.807) is 19.2 Å². The Morgan fingerprint density at radius 3 is 1.89 bits per heavy atom. The molecule has 0 radical (unpaired) electrons. The van der Waals surface area contributed by atoms with Crippen molar-refractivity contribution in [3.05, 3.63) is 29.3 Å². The summed E-state index contributed by atoms with van der Waals surface area (Å²) in [5.41, 5.74) is 1.99. The smallest absolute Gasteiger partial charge is 0.238 e. The zero-order valence-corrected chi connectivity index (χ0v) is 12.3. The zero-order valence-electron chi connectivity index (χ0n) is 11.5. The number of aryl methyl sites for hydroxylation is 2. The Hall–Kier alpha value is -1.40. The second kappa shape index (κ2) is 9.61. The molecule has 1 rings (SSSR count). The molecule has 1 amide bonds. The first-order valence-corrected chi connectivity index (χ1v) is 7.08. The molecule has 0 saturated heterocycles. The van der Waals surface area contributed by atoms with Crippen molar-refractivity contribution in [2.75, 3.05) is 7.05 Å². The molecule has 0 aliphatic rings. The van der Waals surface area contributed by atoms with Crippen LogP contribution in [0.15, 0.2) is 23.1 Å². The molecule has 0 saturated carbocycles. The highest BCUT2D eigenvalue weighted by Gasteiger charge is 2.07. The van der Waals surface area contributed by atoms with Crippen molar-refractivity contribution in [1.82, 2.24) is 5.32 Å². The van der Waals surface area contributed by atoms with Crippen LogP contribution in [0, 0.1) is 13.8 Å². The first-order chi connectivity index (χ1) is 8.32. The number of sulfonamides is 1. The van der Waals surface area contributed by atoms with Gasteiger partial charge in [0.2, 0.25) is 16.4 Å². The zero-order chi connectivity index (χ0) is 14.8. The fourth-order valence-electron chi connectivity index (χ4n) is 0.891. The van der Waals surface area contributed by atoms with Gasteiger partial charge in [-0.15, -0.1) is 0 Å². The number of primary sulfonamides is 1. The Morgan fingerprint density at radius 2 is 1.61 bits per heavy atom. The van der Waals surface area contributed by atoms with E-state index in [9.17, 15) is 8.42 Å². The van der Waals surface area contributed by atoms with E-state index in [0.29, 0.717) is 6.41 Å². The van der Waals surface area contributed by atoms with E-state index >= 15 is 0 Å². The Morgan fingerprint density at radius 1 is 1.17 bits per heavy atom. The molecule has 0 aromatic heterocycles. The Kier molecular flexibility index (Phi) is 10.1. The summed E-state index contributed by atoms with van der Waals surface area (Å²) >= 11 is 0. The van der Waals surface area contributed by atoms with Gasteiger partial charge in [-0.2, -0.15) is 0 Å². The summed E-state index contributed by atoms with van der Waals surface area (Å²) in [6, 6.07) is 4.83. The normalized spacial score (nSPS) is 9.22. The molecule has 18 heavy (non-hydrogen) atoms. The molecular weight excluding hydrogens is 252 g/mol. The van der Waals surface area contributed by atoms with Gasteiger partial charge in [0.1, 0.15) is 0 Å². The average Bonchev–Trinajstić information content (AvgIpc) is 2.34. The van der Waals surface area contributed by atoms with Gasteiger partial charge in [0.05, 0.1) is 4.90 Å². The van der Waals surface area contributed by atoms with E-state index in [4.69, 9.17) is 9.93 Å². The summed E-state index contributed by atoms with van der Waals surface area (Å²) in [4.78, 5) is 9.23. The van der Waals surface area contributed by atoms with Gasteiger partial charge < -0.3 is 5.32 Å². The number of hydrogen-bond acceptors (Lipinski definition) is 3. The molecule has 0 fully saturated rings. The Labute approximate surface area is 109 Å². The van der Waals surface area contributed by atoms with Gasteiger partial charge in [-0.05, 0) is 37.1 Å². The van der Waals surface area contributed by atoms with E-state index in [-0.39, 0.29) is 4.90 Å². The van der Waals surface area contributed by atoms with Crippen molar-refractivity contribution in [2.24, 2.45) is 5.14 Å². The van der Waals surface area contributed by atoms with Crippen molar-refractivity contribution in [1.29, 1.82) is 0 Å². The third-order valence-electron chi connectivity index (χ3n) is 1.92. The second-order valence-corrected chi connectivity index (χ2v) is 4.76. The minimum absolute atomic E-state index is 0.172. The number of carbonyl (C=O) groups excluding carboxylic acids is 1. The molecule has 0 bridgehead atoms. The number of hydrogen-bond donors (Lipinski definition) is 2. The van der Waals surface area contributed by atoms with E-state index < -0.39 is 10.0 Å². The summed E-state index contributed by atoms with van der Waals surface area (Å²) in [6.45, 7) is 7.77. The highest BCUT2D eigenvalue weighted by atomic mass is 32.2. The van der Waals surface area contributed by atoms with Crippen LogP contribution in [0.3, 0.4) is 0 Å². The van der Waals surface area contributed by atoms with Crippen LogP contribution in [-0.2, 0) is 14.8 Å². The number of benzene rings is 1. The van der Waals surface area contributed by atoms with Gasteiger partial charge >= 0.3 is 0 Å². The largest absolute Gasteiger partial charge is 0.362 e. The molecule has 0 aliphatic heterocycles. The molecule has 0 atom stereocenters. The molecule has 104 valence electrons. The standard InChI is InChI=1S/C8H11NO2S.C2H5NO.C2H6/c1-6-3-4-8(5-7(6)2)12(9,10)11;1-3-2-4;1-2/h3-5H,1-2H3,(H2,9,10,11);2H,1H3,(H,3,4);1-2H3. The fourth-order valence-corrected chi connectivity index (χ4v) is 1.49. The summed E-state index contributed by atoms with van der Waals surface area (Å²) < 4.78 is 21.7. The van der Waals surface area contributed by atoms with E-state index in [1.807, 2.05) is 27.7 Å². The summed E-state index contributed by atoms with van der Waals surface area (Å²) in [6.07, 6.45) is 0.625. The molecular formula is C12H22N2O3S. The van der Waals surface area contributed by atoms with Crippen LogP contribution in [-0.4, -0.2) is 21.9 Å². The lowest BCUT2D eigenvalue weighted by Gasteiger charge is -2.01. The fraction of sp³-hybridized carbons (Fsp3) is 0.417. The van der Waals surface area contributed by atoms with Crippen molar-refractivity contribution in [3.63, 3.8) is 0 Å². The van der Waals surface area contributed by atoms with Gasteiger partial charge in [-0.25, -0.2) is 13.6 Å². The molecule has 6 heteroatoms. The maximum Gasteiger partial charge on any atom is 0.238 e. The van der Waals surface area contributed by atoms with Gasteiger partial charge in [-0.1, -0.05) is 19.9 Å². The minimum atomic E-state index is -3.54. The molecule has 0 heterocycles. The van der Waals surface area contributed by atoms with Gasteiger partial charge in [0.25, 0.3) is 0 Å². The van der Waals surface area contributed by atoms with Crippen LogP contribution < -0.4 is 10.5 Å². The minimum Gasteiger partial charge on any atom is -0.362 e. The number of nitrogens with one attached hydrogen (secondary N) is 1. The highest BCUT2D eigenvalue weighted by Crippen LogP contribution is 2.12. The van der Waals surface area contributed by atoms with Crippen molar-refractivity contribution >= 4 is 16.4 Å². The third kappa shape index (κ3) is 7.81. The first kappa shape index (κ1) is 19.0. The molecule has 0 aliphatic carbocycles. The van der Waals surface area contributed by atoms with Crippen molar-refractivity contribution < 1.29 is 13.2 Å². The lowest BCUT2D eigenvalue weighted by Crippen LogP contribution is -2.12. The SMILES string of the molecule is CC.CNC=O.Cc1ccc(S(N)(=O)=O)cc1C. The summed E-state index contributed by atoms with van der Waals surface area (Å²) in [7, 11) is -1.98. The summed E-state index contributed by atoms with van der Waals surface area (Å²) in [5.74, 6) is 0. The maximum atomic E-state index is 10.9. The molecule has 5 nitrogen and oxygen atoms in total. The van der Waals surface area contributed by atoms with E-state index in [2.05, 4.69) is 5.32 Å². The lowest BCUT2D eigenvalue weighted by molar-refractivity contribution is -0.109. The lowest BCUT2D eigenvalue weighted by atomic mass is 10.1. The van der Waals surface area contributed by atoms with Crippen LogP contribution in [0.25, 0.3) is 0 Å². The highest BCUT2D eigenvalue weighted by molar-refractivity contribution is 7.89. The first-order valence-electron chi connectivity index (χ1n) is 5.54. The quantitative estimate of drug-likeness (QED) is 0.797. The molecule has 3 N–H and O–H groups in total. The number of carbonyl (C=O) groups is 1. The third-order valence-corrected chi connectivity index (χ3v) is 2.84. The van der Waals surface area contributed by atoms with Gasteiger partial charge in [0.15, 0.2) is 0 Å². The van der Waals surface area contributed by atoms with E-state index in [0.717, 1.165) is 11.1 Å². The van der Waals surface area contributed by atoms with Gasteiger partial charge in [-0.3, -0.25) is 4.79 Å². The Bertz CT molecular complexity index is 456. The monoisotopic (exact) mass is 274 g/mol. The van der Waals surface area contributed by atoms with Crippen LogP contribution in [0.1, 0.15) is 25.0 Å². The van der Waals surface area contributed by atoms with Crippen LogP contribution >= 0.6 is 0 Å². The second-order valence-electron chi connectivity index (χ2n) is 3.20. The molecule has 0 spiro atoms. The van der Waals surface area contributed by atoms with Crippen LogP contribution in [0.5, 0.6) is 0 Å². The van der Waals surface area contributed by atoms with Gasteiger partial charge in [0, 0.05) is 7.05 Å². The predicted molar refractivity (Wildman–Crippen MR) is 73.8 cm³/mol. The van der Waals surface area contributed by atoms with Crippen LogP contribution in [0.4, 0.5) is 0 Å². The summed E-state index contributed by atoms with van der Waals surface area (Å²) in [5, 5.41) is 7.20. The van der Waals surface area contributed by atoms with E-state index in [1.165, 1.54) is 6.07 Å². The van der Waals surface area contributed by atoms with Crippen LogP contribution in [0.2, 0.25) is 0 Å².